The molecule has 0 saturated carbocycles. The molecule has 0 aromatic heterocycles. The van der Waals surface area contributed by atoms with Gasteiger partial charge in [-0.2, -0.15) is 8.78 Å². The van der Waals surface area contributed by atoms with Gasteiger partial charge in [0.15, 0.2) is 6.10 Å². The van der Waals surface area contributed by atoms with Crippen molar-refractivity contribution in [2.75, 3.05) is 6.61 Å². The monoisotopic (exact) mass is 264 g/mol. The second-order valence-corrected chi connectivity index (χ2v) is 3.49. The summed E-state index contributed by atoms with van der Waals surface area (Å²) >= 11 is 0. The predicted octanol–water partition coefficient (Wildman–Crippen LogP) is 1.76. The first-order chi connectivity index (χ1) is 8.28. The number of carbonyl (C=O) groups excluding carboxylic acids is 1. The van der Waals surface area contributed by atoms with Crippen molar-refractivity contribution < 1.29 is 32.9 Å². The molecule has 0 amide bonds. The predicted molar refractivity (Wildman–Crippen MR) is 54.6 cm³/mol. The van der Waals surface area contributed by atoms with Gasteiger partial charge >= 0.3 is 11.9 Å². The molecule has 1 rings (SSSR count). The summed E-state index contributed by atoms with van der Waals surface area (Å²) in [5.41, 5.74) is -0.620. The Kier molecular flexibility index (Phi) is 4.18. The minimum absolute atomic E-state index is 0.282. The van der Waals surface area contributed by atoms with Crippen LogP contribution >= 0.6 is 0 Å². The molecular weight excluding hydrogens is 253 g/mol. The highest BCUT2D eigenvalue weighted by atomic mass is 19.3. The maximum Gasteiger partial charge on any atom is 0.380 e. The molecule has 0 fully saturated rings. The molecule has 0 heterocycles. The molecule has 1 aromatic rings. The number of phenols is 1. The van der Waals surface area contributed by atoms with Crippen LogP contribution in [0.2, 0.25) is 0 Å². The third kappa shape index (κ3) is 2.92. The Hall–Kier alpha value is -1.76. The topological polar surface area (TPSA) is 66.8 Å². The number of rotatable bonds is 4. The number of halogens is 3. The first kappa shape index (κ1) is 14.3. The summed E-state index contributed by atoms with van der Waals surface area (Å²) in [6, 6.07) is 2.01. The molecular formula is C11H11F3O4. The molecule has 1 atom stereocenters. The lowest BCUT2D eigenvalue weighted by atomic mass is 10.0. The van der Waals surface area contributed by atoms with Crippen molar-refractivity contribution in [3.8, 4) is 5.75 Å². The normalized spacial score (nSPS) is 13.2. The number of aliphatic hydroxyl groups excluding tert-OH is 1. The van der Waals surface area contributed by atoms with E-state index in [9.17, 15) is 23.1 Å². The van der Waals surface area contributed by atoms with Gasteiger partial charge in [0.2, 0.25) is 0 Å². The smallest absolute Gasteiger partial charge is 0.380 e. The Bertz CT molecular complexity index is 428. The van der Waals surface area contributed by atoms with Crippen LogP contribution in [0, 0.1) is 5.82 Å². The number of aliphatic hydroxyl groups is 1. The maximum absolute atomic E-state index is 13.4. The van der Waals surface area contributed by atoms with E-state index in [1.165, 1.54) is 6.92 Å². The van der Waals surface area contributed by atoms with Crippen LogP contribution in [0.4, 0.5) is 13.2 Å². The van der Waals surface area contributed by atoms with Crippen LogP contribution in [0.25, 0.3) is 0 Å². The van der Waals surface area contributed by atoms with Crippen LogP contribution in [-0.4, -0.2) is 28.7 Å². The molecule has 0 aliphatic carbocycles. The van der Waals surface area contributed by atoms with Crippen LogP contribution < -0.4 is 0 Å². The molecule has 0 bridgehead atoms. The minimum Gasteiger partial charge on any atom is -0.508 e. The van der Waals surface area contributed by atoms with Crippen molar-refractivity contribution in [3.63, 3.8) is 0 Å². The Morgan fingerprint density at radius 2 is 2.06 bits per heavy atom. The fourth-order valence-electron chi connectivity index (χ4n) is 1.30. The van der Waals surface area contributed by atoms with Gasteiger partial charge in [0.1, 0.15) is 11.6 Å². The zero-order valence-electron chi connectivity index (χ0n) is 9.36. The van der Waals surface area contributed by atoms with E-state index in [2.05, 4.69) is 4.74 Å². The van der Waals surface area contributed by atoms with E-state index >= 15 is 0 Å². The Labute approximate surface area is 101 Å². The number of benzene rings is 1. The second kappa shape index (κ2) is 5.26. The standard InChI is InChI=1S/C11H11F3O4/c1-2-18-10(17)11(13,14)9(16)6-3-7(12)5-8(15)4-6/h3-5,9,15-16H,2H2,1H3. The Morgan fingerprint density at radius 1 is 1.44 bits per heavy atom. The van der Waals surface area contributed by atoms with E-state index in [-0.39, 0.29) is 6.61 Å². The van der Waals surface area contributed by atoms with Gasteiger partial charge in [0.25, 0.3) is 0 Å². The molecule has 4 nitrogen and oxygen atoms in total. The van der Waals surface area contributed by atoms with Gasteiger partial charge in [-0.1, -0.05) is 0 Å². The van der Waals surface area contributed by atoms with E-state index in [1.54, 1.807) is 0 Å². The molecule has 0 aliphatic rings. The largest absolute Gasteiger partial charge is 0.508 e. The van der Waals surface area contributed by atoms with Crippen molar-refractivity contribution in [1.82, 2.24) is 0 Å². The van der Waals surface area contributed by atoms with Crippen molar-refractivity contribution in [1.29, 1.82) is 0 Å². The van der Waals surface area contributed by atoms with E-state index < -0.39 is 35.1 Å². The highest BCUT2D eigenvalue weighted by Crippen LogP contribution is 2.34. The number of phenolic OH excluding ortho intramolecular Hbond substituents is 1. The summed E-state index contributed by atoms with van der Waals surface area (Å²) < 4.78 is 43.8. The van der Waals surface area contributed by atoms with E-state index in [0.717, 1.165) is 6.07 Å². The third-order valence-corrected chi connectivity index (χ3v) is 2.11. The third-order valence-electron chi connectivity index (χ3n) is 2.11. The van der Waals surface area contributed by atoms with Crippen molar-refractivity contribution in [2.45, 2.75) is 19.0 Å². The van der Waals surface area contributed by atoms with Crippen LogP contribution in [0.1, 0.15) is 18.6 Å². The molecule has 1 aromatic carbocycles. The zero-order chi connectivity index (χ0) is 13.9. The van der Waals surface area contributed by atoms with Crippen LogP contribution in [-0.2, 0) is 9.53 Å². The van der Waals surface area contributed by atoms with E-state index in [4.69, 9.17) is 5.11 Å². The van der Waals surface area contributed by atoms with Crippen molar-refractivity contribution in [3.05, 3.63) is 29.6 Å². The fourth-order valence-corrected chi connectivity index (χ4v) is 1.30. The average Bonchev–Trinajstić information content (AvgIpc) is 2.26. The summed E-state index contributed by atoms with van der Waals surface area (Å²) in [6.45, 7) is 1.05. The van der Waals surface area contributed by atoms with Gasteiger partial charge in [-0.25, -0.2) is 9.18 Å². The highest BCUT2D eigenvalue weighted by molar-refractivity contribution is 5.78. The molecule has 1 unspecified atom stereocenters. The van der Waals surface area contributed by atoms with E-state index in [1.807, 2.05) is 0 Å². The maximum atomic E-state index is 13.4. The molecule has 18 heavy (non-hydrogen) atoms. The molecule has 2 N–H and O–H groups in total. The number of carbonyl (C=O) groups is 1. The summed E-state index contributed by atoms with van der Waals surface area (Å²) in [4.78, 5) is 11.0. The van der Waals surface area contributed by atoms with Gasteiger partial charge < -0.3 is 14.9 Å². The summed E-state index contributed by atoms with van der Waals surface area (Å²) in [5, 5.41) is 18.4. The number of hydrogen-bond donors (Lipinski definition) is 2. The SMILES string of the molecule is CCOC(=O)C(F)(F)C(O)c1cc(O)cc(F)c1. The van der Waals surface area contributed by atoms with Gasteiger partial charge in [-0.05, 0) is 24.6 Å². The number of aromatic hydroxyl groups is 1. The summed E-state index contributed by atoms with van der Waals surface area (Å²) in [5.74, 6) is -7.79. The molecule has 0 saturated heterocycles. The molecule has 100 valence electrons. The molecule has 7 heteroatoms. The first-order valence-electron chi connectivity index (χ1n) is 5.01. The number of esters is 1. The van der Waals surface area contributed by atoms with Gasteiger partial charge in [-0.15, -0.1) is 0 Å². The lowest BCUT2D eigenvalue weighted by Gasteiger charge is -2.21. The fraction of sp³-hybridized carbons (Fsp3) is 0.364. The number of hydrogen-bond acceptors (Lipinski definition) is 4. The lowest BCUT2D eigenvalue weighted by molar-refractivity contribution is -0.189. The van der Waals surface area contributed by atoms with Gasteiger partial charge in [0, 0.05) is 6.07 Å². The number of ether oxygens (including phenoxy) is 1. The highest BCUT2D eigenvalue weighted by Gasteiger charge is 2.49. The summed E-state index contributed by atoms with van der Waals surface area (Å²) in [7, 11) is 0. The average molecular weight is 264 g/mol. The van der Waals surface area contributed by atoms with Crippen LogP contribution in [0.5, 0.6) is 5.75 Å². The first-order valence-corrected chi connectivity index (χ1v) is 5.01. The Morgan fingerprint density at radius 3 is 2.56 bits per heavy atom. The lowest BCUT2D eigenvalue weighted by Crippen LogP contribution is -2.37. The van der Waals surface area contributed by atoms with Gasteiger partial charge in [0.05, 0.1) is 6.61 Å². The second-order valence-electron chi connectivity index (χ2n) is 3.49. The molecule has 0 radical (unpaired) electrons. The number of alkyl halides is 2. The van der Waals surface area contributed by atoms with Crippen LogP contribution in [0.3, 0.4) is 0 Å². The van der Waals surface area contributed by atoms with Crippen LogP contribution in [0.15, 0.2) is 18.2 Å². The zero-order valence-corrected chi connectivity index (χ0v) is 9.36. The van der Waals surface area contributed by atoms with Crippen molar-refractivity contribution >= 4 is 5.97 Å². The summed E-state index contributed by atoms with van der Waals surface area (Å²) in [6.07, 6.45) is -2.60. The minimum atomic E-state index is -4.23. The Balaban J connectivity index is 3.04. The van der Waals surface area contributed by atoms with Crippen molar-refractivity contribution in [2.24, 2.45) is 0 Å². The molecule has 0 aliphatic heterocycles. The molecule has 0 spiro atoms. The van der Waals surface area contributed by atoms with Gasteiger partial charge in [-0.3, -0.25) is 0 Å². The quantitative estimate of drug-likeness (QED) is 0.813. The van der Waals surface area contributed by atoms with E-state index in [0.29, 0.717) is 12.1 Å².